The summed E-state index contributed by atoms with van der Waals surface area (Å²) in [6.07, 6.45) is 10.2. The molecule has 1 aliphatic rings. The minimum Gasteiger partial charge on any atom is -0.0991 e. The molecule has 2 atom stereocenters. The second kappa shape index (κ2) is 12.7. The molecule has 0 aromatic heterocycles. The van der Waals surface area contributed by atoms with E-state index in [1.807, 2.05) is 33.8 Å². The van der Waals surface area contributed by atoms with Gasteiger partial charge in [-0.1, -0.05) is 72.8 Å². The van der Waals surface area contributed by atoms with E-state index >= 15 is 0 Å². The van der Waals surface area contributed by atoms with Crippen molar-refractivity contribution in [3.8, 4) is 0 Å². The van der Waals surface area contributed by atoms with E-state index in [1.54, 1.807) is 5.57 Å². The van der Waals surface area contributed by atoms with Crippen molar-refractivity contribution in [1.82, 2.24) is 0 Å². The first-order valence-electron chi connectivity index (χ1n) is 7.76. The third-order valence-electron chi connectivity index (χ3n) is 3.43. The van der Waals surface area contributed by atoms with E-state index in [0.717, 1.165) is 11.8 Å². The zero-order chi connectivity index (χ0) is 14.6. The van der Waals surface area contributed by atoms with Gasteiger partial charge < -0.3 is 0 Å². The molecule has 0 heterocycles. The van der Waals surface area contributed by atoms with Crippen molar-refractivity contribution in [3.05, 3.63) is 36.0 Å². The second-order valence-electron chi connectivity index (χ2n) is 4.06. The van der Waals surface area contributed by atoms with Crippen LogP contribution in [-0.2, 0) is 0 Å². The first kappa shape index (κ1) is 19.6. The summed E-state index contributed by atoms with van der Waals surface area (Å²) in [5.41, 5.74) is 3.08. The molecule has 18 heavy (non-hydrogen) atoms. The van der Waals surface area contributed by atoms with Gasteiger partial charge in [0.2, 0.25) is 0 Å². The molecule has 0 heteroatoms. The summed E-state index contributed by atoms with van der Waals surface area (Å²) in [6, 6.07) is 0. The zero-order valence-electron chi connectivity index (χ0n) is 13.7. The molecule has 1 fully saturated rings. The van der Waals surface area contributed by atoms with E-state index in [1.165, 1.54) is 24.8 Å². The molecule has 1 aliphatic carbocycles. The van der Waals surface area contributed by atoms with E-state index in [0.29, 0.717) is 0 Å². The quantitative estimate of drug-likeness (QED) is 0.532. The third kappa shape index (κ3) is 5.25. The minimum atomic E-state index is 0.768. The van der Waals surface area contributed by atoms with Gasteiger partial charge in [-0.2, -0.15) is 0 Å². The number of hydrogen-bond acceptors (Lipinski definition) is 0. The third-order valence-corrected chi connectivity index (χ3v) is 3.43. The van der Waals surface area contributed by atoms with Crippen LogP contribution in [0.15, 0.2) is 36.0 Å². The molecule has 1 rings (SSSR count). The van der Waals surface area contributed by atoms with Crippen molar-refractivity contribution in [3.63, 3.8) is 0 Å². The van der Waals surface area contributed by atoms with Crippen LogP contribution in [0, 0.1) is 11.8 Å². The highest BCUT2D eigenvalue weighted by Crippen LogP contribution is 2.44. The Morgan fingerprint density at radius 2 is 1.67 bits per heavy atom. The minimum absolute atomic E-state index is 0.768. The standard InChI is InChI=1S/C14H22.2C2H6/c1-5-9-14-12(7-3)10-11(6-2)13(14)8-4;2*1-2/h5,7,9,11,13H,1,6,8,10H2,2-4H3;2*1-2H3/b12-7-,14-9+;;/t11-,13-;;/m1../s1. The predicted octanol–water partition coefficient (Wildman–Crippen LogP) is 6.55. The highest BCUT2D eigenvalue weighted by atomic mass is 14.4. The lowest BCUT2D eigenvalue weighted by Crippen LogP contribution is -2.06. The molecule has 0 nitrogen and oxygen atoms in total. The lowest BCUT2D eigenvalue weighted by molar-refractivity contribution is 0.402. The smallest absolute Gasteiger partial charge is 0.0131 e. The average Bonchev–Trinajstić information content (AvgIpc) is 2.80. The Kier molecular flexibility index (Phi) is 13.8. The highest BCUT2D eigenvalue weighted by Gasteiger charge is 2.31. The largest absolute Gasteiger partial charge is 0.0991 e. The van der Waals surface area contributed by atoms with Crippen LogP contribution >= 0.6 is 0 Å². The number of rotatable bonds is 3. The first-order valence-corrected chi connectivity index (χ1v) is 7.76. The summed E-state index contributed by atoms with van der Waals surface area (Å²) in [7, 11) is 0. The summed E-state index contributed by atoms with van der Waals surface area (Å²) in [5.74, 6) is 1.63. The van der Waals surface area contributed by atoms with Crippen molar-refractivity contribution in [2.24, 2.45) is 11.8 Å². The van der Waals surface area contributed by atoms with Crippen molar-refractivity contribution >= 4 is 0 Å². The molecule has 0 aliphatic heterocycles. The maximum Gasteiger partial charge on any atom is -0.0131 e. The van der Waals surface area contributed by atoms with E-state index in [4.69, 9.17) is 0 Å². The molecule has 0 aromatic rings. The van der Waals surface area contributed by atoms with Crippen LogP contribution in [0.3, 0.4) is 0 Å². The van der Waals surface area contributed by atoms with Gasteiger partial charge in [0.25, 0.3) is 0 Å². The average molecular weight is 250 g/mol. The summed E-state index contributed by atoms with van der Waals surface area (Å²) in [6.45, 7) is 18.6. The summed E-state index contributed by atoms with van der Waals surface area (Å²) >= 11 is 0. The SMILES string of the molecule is C=C/C=C1\C(=C/C)C[C@@H](CC)[C@H]1CC.CC.CC. The fourth-order valence-electron chi connectivity index (χ4n) is 2.66. The Morgan fingerprint density at radius 3 is 2.00 bits per heavy atom. The van der Waals surface area contributed by atoms with Gasteiger partial charge in [-0.3, -0.25) is 0 Å². The number of allylic oxidation sites excluding steroid dienone is 5. The number of hydrogen-bond donors (Lipinski definition) is 0. The summed E-state index contributed by atoms with van der Waals surface area (Å²) < 4.78 is 0. The molecule has 0 saturated heterocycles. The first-order chi connectivity index (χ1) is 8.78. The molecule has 0 N–H and O–H groups in total. The second-order valence-corrected chi connectivity index (χ2v) is 4.06. The van der Waals surface area contributed by atoms with Gasteiger partial charge in [-0.25, -0.2) is 0 Å². The lowest BCUT2D eigenvalue weighted by Gasteiger charge is -2.16. The zero-order valence-corrected chi connectivity index (χ0v) is 13.7. The van der Waals surface area contributed by atoms with Crippen molar-refractivity contribution in [2.75, 3.05) is 0 Å². The molecular weight excluding hydrogens is 216 g/mol. The molecule has 1 saturated carbocycles. The van der Waals surface area contributed by atoms with Crippen molar-refractivity contribution < 1.29 is 0 Å². The predicted molar refractivity (Wildman–Crippen MR) is 86.9 cm³/mol. The van der Waals surface area contributed by atoms with Crippen LogP contribution in [0.5, 0.6) is 0 Å². The van der Waals surface area contributed by atoms with Crippen LogP contribution < -0.4 is 0 Å². The fourth-order valence-corrected chi connectivity index (χ4v) is 2.66. The maximum atomic E-state index is 3.81. The molecule has 0 amide bonds. The van der Waals surface area contributed by atoms with Crippen molar-refractivity contribution in [1.29, 1.82) is 0 Å². The van der Waals surface area contributed by atoms with Gasteiger partial charge in [0, 0.05) is 0 Å². The normalized spacial score (nSPS) is 26.2. The monoisotopic (exact) mass is 250 g/mol. The molecule has 0 aromatic carbocycles. The maximum absolute atomic E-state index is 3.81. The fraction of sp³-hybridized carbons (Fsp3) is 0.667. The van der Waals surface area contributed by atoms with Gasteiger partial charge in [0.05, 0.1) is 0 Å². The van der Waals surface area contributed by atoms with Gasteiger partial charge in [-0.05, 0) is 42.7 Å². The Labute approximate surface area is 116 Å². The highest BCUT2D eigenvalue weighted by molar-refractivity contribution is 5.40. The van der Waals surface area contributed by atoms with E-state index in [2.05, 4.69) is 39.5 Å². The van der Waals surface area contributed by atoms with E-state index in [9.17, 15) is 0 Å². The van der Waals surface area contributed by atoms with Crippen LogP contribution in [0.1, 0.15) is 67.7 Å². The molecular formula is C18H34. The molecule has 0 bridgehead atoms. The summed E-state index contributed by atoms with van der Waals surface area (Å²) in [5, 5.41) is 0. The molecule has 0 unspecified atom stereocenters. The van der Waals surface area contributed by atoms with Crippen LogP contribution in [0.2, 0.25) is 0 Å². The Hall–Kier alpha value is -0.780. The van der Waals surface area contributed by atoms with Crippen LogP contribution in [0.25, 0.3) is 0 Å². The molecule has 0 radical (unpaired) electrons. The van der Waals surface area contributed by atoms with Gasteiger partial charge >= 0.3 is 0 Å². The van der Waals surface area contributed by atoms with Crippen molar-refractivity contribution in [2.45, 2.75) is 67.7 Å². The van der Waals surface area contributed by atoms with Gasteiger partial charge in [0.15, 0.2) is 0 Å². The van der Waals surface area contributed by atoms with E-state index in [-0.39, 0.29) is 0 Å². The molecule has 0 spiro atoms. The topological polar surface area (TPSA) is 0 Å². The Morgan fingerprint density at radius 1 is 1.11 bits per heavy atom. The summed E-state index contributed by atoms with van der Waals surface area (Å²) in [4.78, 5) is 0. The van der Waals surface area contributed by atoms with Gasteiger partial charge in [-0.15, -0.1) is 0 Å². The van der Waals surface area contributed by atoms with E-state index < -0.39 is 0 Å². The van der Waals surface area contributed by atoms with Crippen LogP contribution in [0.4, 0.5) is 0 Å². The van der Waals surface area contributed by atoms with Gasteiger partial charge in [0.1, 0.15) is 0 Å². The van der Waals surface area contributed by atoms with Crippen LogP contribution in [-0.4, -0.2) is 0 Å². The Bertz CT molecular complexity index is 255. The lowest BCUT2D eigenvalue weighted by atomic mass is 9.89. The Balaban J connectivity index is 0. The molecule has 106 valence electrons.